The Bertz CT molecular complexity index is 570. The van der Waals surface area contributed by atoms with Crippen LogP contribution in [0.15, 0.2) is 47.6 Å². The van der Waals surface area contributed by atoms with E-state index in [1.807, 2.05) is 37.3 Å². The van der Waals surface area contributed by atoms with Crippen molar-refractivity contribution in [2.24, 2.45) is 11.0 Å². The van der Waals surface area contributed by atoms with E-state index in [9.17, 15) is 4.79 Å². The number of carbonyl (C=O) groups is 1. The van der Waals surface area contributed by atoms with E-state index in [1.165, 1.54) is 19.3 Å². The molecular formula is C17H23N3O4. The number of ether oxygens (including phenoxy) is 3. The van der Waals surface area contributed by atoms with Crippen LogP contribution in [0.4, 0.5) is 0 Å². The molecule has 3 atom stereocenters. The van der Waals surface area contributed by atoms with Crippen LogP contribution in [0.2, 0.25) is 0 Å². The van der Waals surface area contributed by atoms with Crippen LogP contribution < -0.4 is 0 Å². The van der Waals surface area contributed by atoms with Gasteiger partial charge in [-0.3, -0.25) is 0 Å². The van der Waals surface area contributed by atoms with Crippen LogP contribution in [0.5, 0.6) is 0 Å². The summed E-state index contributed by atoms with van der Waals surface area (Å²) in [4.78, 5) is 14.0. The molecule has 0 unspecified atom stereocenters. The highest BCUT2D eigenvalue weighted by Crippen LogP contribution is 2.18. The van der Waals surface area contributed by atoms with Crippen LogP contribution in [0.3, 0.4) is 0 Å². The summed E-state index contributed by atoms with van der Waals surface area (Å²) in [5, 5.41) is 3.72. The SMILES string of the molecule is COC(=O)/C=C/[C@H](N=[N+]=[N-])[C@H](C)[C@H](COCc1ccccc1)OC. The zero-order valence-electron chi connectivity index (χ0n) is 14.2. The van der Waals surface area contributed by atoms with Crippen molar-refractivity contribution in [3.63, 3.8) is 0 Å². The van der Waals surface area contributed by atoms with Gasteiger partial charge in [0, 0.05) is 18.1 Å². The molecule has 0 aromatic heterocycles. The van der Waals surface area contributed by atoms with E-state index in [0.717, 1.165) is 5.56 Å². The van der Waals surface area contributed by atoms with Crippen LogP contribution in [0.25, 0.3) is 10.4 Å². The van der Waals surface area contributed by atoms with Gasteiger partial charge in [0.1, 0.15) is 0 Å². The van der Waals surface area contributed by atoms with E-state index < -0.39 is 12.0 Å². The molecule has 0 aliphatic heterocycles. The van der Waals surface area contributed by atoms with Crippen LogP contribution in [-0.4, -0.2) is 38.9 Å². The van der Waals surface area contributed by atoms with E-state index in [1.54, 1.807) is 7.11 Å². The summed E-state index contributed by atoms with van der Waals surface area (Å²) in [6.45, 7) is 2.69. The van der Waals surface area contributed by atoms with E-state index in [-0.39, 0.29) is 12.0 Å². The normalized spacial score (nSPS) is 14.6. The predicted molar refractivity (Wildman–Crippen MR) is 90.1 cm³/mol. The van der Waals surface area contributed by atoms with Crippen molar-refractivity contribution in [3.8, 4) is 0 Å². The van der Waals surface area contributed by atoms with Gasteiger partial charge in [-0.05, 0) is 17.0 Å². The molecule has 7 heteroatoms. The first kappa shape index (κ1) is 19.7. The number of benzene rings is 1. The second-order valence-corrected chi connectivity index (χ2v) is 5.21. The van der Waals surface area contributed by atoms with E-state index in [2.05, 4.69) is 14.8 Å². The van der Waals surface area contributed by atoms with Crippen LogP contribution in [0.1, 0.15) is 12.5 Å². The Hall–Kier alpha value is -2.34. The number of hydrogen-bond donors (Lipinski definition) is 0. The van der Waals surface area contributed by atoms with Crippen molar-refractivity contribution in [2.75, 3.05) is 20.8 Å². The lowest BCUT2D eigenvalue weighted by Gasteiger charge is -2.25. The molecule has 0 spiro atoms. The third-order valence-electron chi connectivity index (χ3n) is 3.64. The minimum atomic E-state index is -0.542. The molecule has 0 radical (unpaired) electrons. The fraction of sp³-hybridized carbons (Fsp3) is 0.471. The molecule has 0 saturated carbocycles. The minimum absolute atomic E-state index is 0.178. The van der Waals surface area contributed by atoms with Gasteiger partial charge in [-0.2, -0.15) is 0 Å². The van der Waals surface area contributed by atoms with Gasteiger partial charge in [0.05, 0.1) is 32.5 Å². The average molecular weight is 333 g/mol. The molecule has 24 heavy (non-hydrogen) atoms. The van der Waals surface area contributed by atoms with E-state index in [0.29, 0.717) is 13.2 Å². The van der Waals surface area contributed by atoms with E-state index in [4.69, 9.17) is 15.0 Å². The molecule has 0 aliphatic rings. The van der Waals surface area contributed by atoms with Crippen molar-refractivity contribution in [2.45, 2.75) is 25.7 Å². The fourth-order valence-electron chi connectivity index (χ4n) is 2.15. The smallest absolute Gasteiger partial charge is 0.330 e. The van der Waals surface area contributed by atoms with Gasteiger partial charge in [0.15, 0.2) is 0 Å². The Labute approximate surface area is 141 Å². The average Bonchev–Trinajstić information content (AvgIpc) is 2.62. The number of esters is 1. The summed E-state index contributed by atoms with van der Waals surface area (Å²) in [6, 6.07) is 9.26. The first-order valence-electron chi connectivity index (χ1n) is 7.57. The molecule has 0 heterocycles. The molecule has 0 fully saturated rings. The Morgan fingerprint density at radius 1 is 1.33 bits per heavy atom. The summed E-state index contributed by atoms with van der Waals surface area (Å²) < 4.78 is 15.7. The van der Waals surface area contributed by atoms with Crippen molar-refractivity contribution in [1.29, 1.82) is 0 Å². The monoisotopic (exact) mass is 333 g/mol. The van der Waals surface area contributed by atoms with Crippen molar-refractivity contribution in [1.82, 2.24) is 0 Å². The van der Waals surface area contributed by atoms with Gasteiger partial charge in [-0.15, -0.1) is 0 Å². The van der Waals surface area contributed by atoms with Gasteiger partial charge in [-0.1, -0.05) is 48.4 Å². The molecule has 7 nitrogen and oxygen atoms in total. The highest BCUT2D eigenvalue weighted by atomic mass is 16.5. The van der Waals surface area contributed by atoms with Crippen molar-refractivity contribution < 1.29 is 19.0 Å². The molecule has 130 valence electrons. The summed E-state index contributed by atoms with van der Waals surface area (Å²) in [6.07, 6.45) is 2.47. The van der Waals surface area contributed by atoms with Crippen molar-refractivity contribution in [3.05, 3.63) is 58.5 Å². The Morgan fingerprint density at radius 2 is 2.04 bits per heavy atom. The molecule has 0 aliphatic carbocycles. The zero-order valence-corrected chi connectivity index (χ0v) is 14.2. The Kier molecular flexibility index (Phi) is 9.23. The number of methoxy groups -OCH3 is 2. The summed E-state index contributed by atoms with van der Waals surface area (Å²) in [7, 11) is 2.86. The van der Waals surface area contributed by atoms with E-state index >= 15 is 0 Å². The maximum absolute atomic E-state index is 11.2. The lowest BCUT2D eigenvalue weighted by atomic mass is 9.96. The Balaban J connectivity index is 2.63. The molecule has 0 amide bonds. The second-order valence-electron chi connectivity index (χ2n) is 5.21. The maximum Gasteiger partial charge on any atom is 0.330 e. The molecule has 0 bridgehead atoms. The maximum atomic E-state index is 11.2. The fourth-order valence-corrected chi connectivity index (χ4v) is 2.15. The number of hydrogen-bond acceptors (Lipinski definition) is 5. The van der Waals surface area contributed by atoms with Crippen LogP contribution >= 0.6 is 0 Å². The number of carbonyl (C=O) groups excluding carboxylic acids is 1. The molecule has 0 saturated heterocycles. The number of azide groups is 1. The second kappa shape index (κ2) is 11.2. The quantitative estimate of drug-likeness (QED) is 0.216. The molecule has 0 N–H and O–H groups in total. The highest BCUT2D eigenvalue weighted by Gasteiger charge is 2.24. The van der Waals surface area contributed by atoms with Crippen LogP contribution in [0, 0.1) is 5.92 Å². The topological polar surface area (TPSA) is 93.5 Å². The predicted octanol–water partition coefficient (Wildman–Crippen LogP) is 3.26. The number of nitrogens with zero attached hydrogens (tertiary/aromatic N) is 3. The minimum Gasteiger partial charge on any atom is -0.466 e. The third-order valence-corrected chi connectivity index (χ3v) is 3.64. The van der Waals surface area contributed by atoms with Gasteiger partial charge in [0.25, 0.3) is 0 Å². The zero-order chi connectivity index (χ0) is 17.8. The number of rotatable bonds is 10. The van der Waals surface area contributed by atoms with Gasteiger partial charge in [0.2, 0.25) is 0 Å². The molecule has 1 aromatic rings. The van der Waals surface area contributed by atoms with Gasteiger partial charge < -0.3 is 14.2 Å². The summed E-state index contributed by atoms with van der Waals surface area (Å²) >= 11 is 0. The summed E-state index contributed by atoms with van der Waals surface area (Å²) in [5.41, 5.74) is 9.79. The largest absolute Gasteiger partial charge is 0.466 e. The highest BCUT2D eigenvalue weighted by molar-refractivity contribution is 5.81. The first-order valence-corrected chi connectivity index (χ1v) is 7.57. The lowest BCUT2D eigenvalue weighted by Crippen LogP contribution is -2.32. The Morgan fingerprint density at radius 3 is 2.62 bits per heavy atom. The molecule has 1 rings (SSSR count). The lowest BCUT2D eigenvalue weighted by molar-refractivity contribution is -0.134. The standard InChI is InChI=1S/C17H23N3O4/c1-13(15(19-20-18)9-10-17(21)23-3)16(22-2)12-24-11-14-7-5-4-6-8-14/h4-10,13,15-16H,11-12H2,1-3H3/b10-9+/t13-,15-,16-/m0/s1. The summed E-state index contributed by atoms with van der Waals surface area (Å²) in [5.74, 6) is -0.683. The van der Waals surface area contributed by atoms with Gasteiger partial charge >= 0.3 is 5.97 Å². The first-order chi connectivity index (χ1) is 11.6. The van der Waals surface area contributed by atoms with Crippen molar-refractivity contribution >= 4 is 5.97 Å². The molecule has 1 aromatic carbocycles. The molecular weight excluding hydrogens is 310 g/mol. The van der Waals surface area contributed by atoms with Gasteiger partial charge in [-0.25, -0.2) is 4.79 Å². The third kappa shape index (κ3) is 6.83. The van der Waals surface area contributed by atoms with Crippen LogP contribution in [-0.2, 0) is 25.6 Å².